The molecule has 0 aliphatic carbocycles. The number of ether oxygens (including phenoxy) is 1. The quantitative estimate of drug-likeness (QED) is 0.837. The number of hydrogen-bond donors (Lipinski definition) is 1. The third-order valence-corrected chi connectivity index (χ3v) is 2.04. The van der Waals surface area contributed by atoms with E-state index in [1.165, 1.54) is 0 Å². The van der Waals surface area contributed by atoms with Gasteiger partial charge < -0.3 is 10.5 Å². The molecular formula is C11H15F2NO. The van der Waals surface area contributed by atoms with Gasteiger partial charge in [-0.25, -0.2) is 0 Å². The van der Waals surface area contributed by atoms with Crippen LogP contribution in [0.15, 0.2) is 18.2 Å². The van der Waals surface area contributed by atoms with E-state index in [1.807, 2.05) is 13.0 Å². The van der Waals surface area contributed by atoms with E-state index in [9.17, 15) is 8.78 Å². The lowest BCUT2D eigenvalue weighted by Gasteiger charge is -2.14. The van der Waals surface area contributed by atoms with Crippen molar-refractivity contribution < 1.29 is 13.5 Å². The van der Waals surface area contributed by atoms with Crippen LogP contribution in [0.25, 0.3) is 0 Å². The van der Waals surface area contributed by atoms with Crippen molar-refractivity contribution in [2.75, 3.05) is 0 Å². The molecule has 4 heteroatoms. The number of para-hydroxylation sites is 1. The van der Waals surface area contributed by atoms with Gasteiger partial charge in [0, 0.05) is 6.04 Å². The van der Waals surface area contributed by atoms with Gasteiger partial charge >= 0.3 is 6.61 Å². The van der Waals surface area contributed by atoms with Crippen molar-refractivity contribution in [2.45, 2.75) is 32.9 Å². The summed E-state index contributed by atoms with van der Waals surface area (Å²) in [5.74, 6) is 0.254. The second-order valence-electron chi connectivity index (χ2n) is 3.62. The molecule has 1 aromatic rings. The Morgan fingerprint density at radius 2 is 2.07 bits per heavy atom. The molecule has 0 spiro atoms. The molecule has 2 N–H and O–H groups in total. The maximum atomic E-state index is 12.2. The molecule has 0 fully saturated rings. The predicted molar refractivity (Wildman–Crippen MR) is 55.2 cm³/mol. The van der Waals surface area contributed by atoms with Gasteiger partial charge in [-0.15, -0.1) is 0 Å². The number of nitrogens with two attached hydrogens (primary N) is 1. The zero-order valence-electron chi connectivity index (χ0n) is 8.84. The van der Waals surface area contributed by atoms with Gasteiger partial charge in [-0.05, 0) is 31.4 Å². The molecule has 1 rings (SSSR count). The average Bonchev–Trinajstić information content (AvgIpc) is 2.09. The topological polar surface area (TPSA) is 35.2 Å². The normalized spacial score (nSPS) is 12.9. The zero-order chi connectivity index (χ0) is 11.4. The standard InChI is InChI=1S/C11H15F2NO/c1-7-4-3-5-9(6-8(2)14)10(7)15-11(12)13/h3-5,8,11H,6,14H2,1-2H3/t8-/m1/s1. The number of rotatable bonds is 4. The van der Waals surface area contributed by atoms with Gasteiger partial charge in [-0.2, -0.15) is 8.78 Å². The minimum absolute atomic E-state index is 0.0770. The van der Waals surface area contributed by atoms with E-state index < -0.39 is 6.61 Å². The highest BCUT2D eigenvalue weighted by Gasteiger charge is 2.12. The van der Waals surface area contributed by atoms with E-state index in [0.717, 1.165) is 5.56 Å². The van der Waals surface area contributed by atoms with Crippen LogP contribution in [0.1, 0.15) is 18.1 Å². The molecule has 0 aliphatic heterocycles. The molecule has 0 heterocycles. The SMILES string of the molecule is Cc1cccc(C[C@@H](C)N)c1OC(F)F. The molecule has 0 unspecified atom stereocenters. The third kappa shape index (κ3) is 3.47. The largest absolute Gasteiger partial charge is 0.434 e. The Hall–Kier alpha value is -1.16. The zero-order valence-corrected chi connectivity index (χ0v) is 8.84. The predicted octanol–water partition coefficient (Wildman–Crippen LogP) is 2.49. The van der Waals surface area contributed by atoms with Crippen LogP contribution in [-0.4, -0.2) is 12.7 Å². The maximum Gasteiger partial charge on any atom is 0.387 e. The molecule has 0 bridgehead atoms. The van der Waals surface area contributed by atoms with Gasteiger partial charge in [-0.3, -0.25) is 0 Å². The molecular weight excluding hydrogens is 200 g/mol. The molecule has 0 aromatic heterocycles. The van der Waals surface area contributed by atoms with Crippen molar-refractivity contribution in [2.24, 2.45) is 5.73 Å². The molecule has 0 aliphatic rings. The molecule has 84 valence electrons. The molecule has 1 atom stereocenters. The lowest BCUT2D eigenvalue weighted by molar-refractivity contribution is -0.0509. The third-order valence-electron chi connectivity index (χ3n) is 2.04. The van der Waals surface area contributed by atoms with Crippen LogP contribution in [-0.2, 0) is 6.42 Å². The molecule has 0 saturated heterocycles. The fraction of sp³-hybridized carbons (Fsp3) is 0.455. The average molecular weight is 215 g/mol. The fourth-order valence-electron chi connectivity index (χ4n) is 1.48. The lowest BCUT2D eigenvalue weighted by atomic mass is 10.0. The van der Waals surface area contributed by atoms with Gasteiger partial charge in [-0.1, -0.05) is 18.2 Å². The van der Waals surface area contributed by atoms with E-state index in [0.29, 0.717) is 12.0 Å². The number of halogens is 2. The first-order valence-corrected chi connectivity index (χ1v) is 4.79. The summed E-state index contributed by atoms with van der Waals surface area (Å²) in [5.41, 5.74) is 7.06. The molecule has 1 aromatic carbocycles. The minimum atomic E-state index is -2.79. The maximum absolute atomic E-state index is 12.2. The lowest BCUT2D eigenvalue weighted by Crippen LogP contribution is -2.19. The first-order valence-electron chi connectivity index (χ1n) is 4.79. The molecule has 0 amide bonds. The van der Waals surface area contributed by atoms with Crippen LogP contribution in [0.2, 0.25) is 0 Å². The Morgan fingerprint density at radius 1 is 1.40 bits per heavy atom. The monoisotopic (exact) mass is 215 g/mol. The Bertz CT molecular complexity index is 326. The number of aryl methyl sites for hydroxylation is 1. The first kappa shape index (κ1) is 11.9. The molecule has 0 saturated carbocycles. The highest BCUT2D eigenvalue weighted by atomic mass is 19.3. The second kappa shape index (κ2) is 5.07. The Morgan fingerprint density at radius 3 is 2.60 bits per heavy atom. The first-order chi connectivity index (χ1) is 7.00. The Kier molecular flexibility index (Phi) is 4.03. The van der Waals surface area contributed by atoms with Crippen molar-refractivity contribution >= 4 is 0 Å². The van der Waals surface area contributed by atoms with Crippen molar-refractivity contribution in [3.8, 4) is 5.75 Å². The van der Waals surface area contributed by atoms with E-state index in [-0.39, 0.29) is 11.8 Å². The van der Waals surface area contributed by atoms with Crippen LogP contribution in [0.3, 0.4) is 0 Å². The van der Waals surface area contributed by atoms with Gasteiger partial charge in [0.15, 0.2) is 0 Å². The summed E-state index contributed by atoms with van der Waals surface area (Å²) < 4.78 is 28.8. The summed E-state index contributed by atoms with van der Waals surface area (Å²) in [4.78, 5) is 0. The minimum Gasteiger partial charge on any atom is -0.434 e. The summed E-state index contributed by atoms with van der Waals surface area (Å²) in [6.07, 6.45) is 0.531. The summed E-state index contributed by atoms with van der Waals surface area (Å²) in [5, 5.41) is 0. The van der Waals surface area contributed by atoms with Crippen molar-refractivity contribution in [1.29, 1.82) is 0 Å². The van der Waals surface area contributed by atoms with Crippen molar-refractivity contribution in [1.82, 2.24) is 0 Å². The van der Waals surface area contributed by atoms with Crippen LogP contribution in [0.5, 0.6) is 5.75 Å². The molecule has 15 heavy (non-hydrogen) atoms. The van der Waals surface area contributed by atoms with Crippen LogP contribution in [0.4, 0.5) is 8.78 Å². The van der Waals surface area contributed by atoms with Crippen molar-refractivity contribution in [3.63, 3.8) is 0 Å². The van der Waals surface area contributed by atoms with Gasteiger partial charge in [0.25, 0.3) is 0 Å². The van der Waals surface area contributed by atoms with Crippen molar-refractivity contribution in [3.05, 3.63) is 29.3 Å². The van der Waals surface area contributed by atoms with E-state index in [1.54, 1.807) is 19.1 Å². The van der Waals surface area contributed by atoms with Crippen LogP contribution in [0, 0.1) is 6.92 Å². The number of hydrogen-bond acceptors (Lipinski definition) is 2. The van der Waals surface area contributed by atoms with E-state index >= 15 is 0 Å². The Balaban J connectivity index is 2.97. The van der Waals surface area contributed by atoms with Gasteiger partial charge in [0.05, 0.1) is 0 Å². The van der Waals surface area contributed by atoms with E-state index in [2.05, 4.69) is 4.74 Å². The highest BCUT2D eigenvalue weighted by Crippen LogP contribution is 2.26. The summed E-state index contributed by atoms with van der Waals surface area (Å²) in [7, 11) is 0. The molecule has 0 radical (unpaired) electrons. The highest BCUT2D eigenvalue weighted by molar-refractivity contribution is 5.41. The van der Waals surface area contributed by atoms with E-state index in [4.69, 9.17) is 5.73 Å². The Labute approximate surface area is 88.0 Å². The number of alkyl halides is 2. The van der Waals surface area contributed by atoms with Gasteiger partial charge in [0.2, 0.25) is 0 Å². The van der Waals surface area contributed by atoms with Gasteiger partial charge in [0.1, 0.15) is 5.75 Å². The number of benzene rings is 1. The molecule has 2 nitrogen and oxygen atoms in total. The second-order valence-corrected chi connectivity index (χ2v) is 3.62. The fourth-order valence-corrected chi connectivity index (χ4v) is 1.48. The smallest absolute Gasteiger partial charge is 0.387 e. The summed E-state index contributed by atoms with van der Waals surface area (Å²) in [6, 6.07) is 5.23. The summed E-state index contributed by atoms with van der Waals surface area (Å²) in [6.45, 7) is 0.773. The van der Waals surface area contributed by atoms with Crippen LogP contribution < -0.4 is 10.5 Å². The summed E-state index contributed by atoms with van der Waals surface area (Å²) >= 11 is 0. The van der Waals surface area contributed by atoms with Crippen LogP contribution >= 0.6 is 0 Å².